The van der Waals surface area contributed by atoms with Gasteiger partial charge in [0.25, 0.3) is 0 Å². The van der Waals surface area contributed by atoms with Crippen molar-refractivity contribution in [3.8, 4) is 0 Å². The van der Waals surface area contributed by atoms with Crippen molar-refractivity contribution in [2.24, 2.45) is 0 Å². The van der Waals surface area contributed by atoms with Crippen molar-refractivity contribution in [3.63, 3.8) is 0 Å². The third kappa shape index (κ3) is 4.26. The van der Waals surface area contributed by atoms with Crippen LogP contribution in [0.15, 0.2) is 35.6 Å². The fraction of sp³-hybridized carbons (Fsp3) is 0.529. The Morgan fingerprint density at radius 2 is 2.14 bits per heavy atom. The average molecular weight is 324 g/mol. The zero-order valence-electron chi connectivity index (χ0n) is 13.8. The molecule has 1 aliphatic rings. The first-order chi connectivity index (χ1) is 10.4. The van der Waals surface area contributed by atoms with Crippen LogP contribution in [0, 0.1) is 0 Å². The SMILES string of the molecule is CC/C=C/C=C/C1(C)OC(CC(C)SC)=C(C(=O)OC)C1=O. The van der Waals surface area contributed by atoms with Crippen molar-refractivity contribution in [1.82, 2.24) is 0 Å². The molecule has 2 unspecified atom stereocenters. The molecule has 1 aliphatic heterocycles. The molecule has 1 rings (SSSR count). The van der Waals surface area contributed by atoms with Crippen LogP contribution in [0.5, 0.6) is 0 Å². The van der Waals surface area contributed by atoms with E-state index in [1.165, 1.54) is 7.11 Å². The highest BCUT2D eigenvalue weighted by atomic mass is 32.2. The van der Waals surface area contributed by atoms with E-state index >= 15 is 0 Å². The number of Topliss-reactive ketones (excluding diaryl/α,β-unsaturated/α-hetero) is 1. The number of hydrogen-bond donors (Lipinski definition) is 0. The molecule has 0 spiro atoms. The fourth-order valence-electron chi connectivity index (χ4n) is 2.09. The van der Waals surface area contributed by atoms with Crippen LogP contribution in [0.3, 0.4) is 0 Å². The van der Waals surface area contributed by atoms with Gasteiger partial charge in [-0.3, -0.25) is 4.79 Å². The van der Waals surface area contributed by atoms with Crippen LogP contribution >= 0.6 is 11.8 Å². The normalized spacial score (nSPS) is 23.4. The minimum absolute atomic E-state index is 0.0371. The Morgan fingerprint density at radius 3 is 2.68 bits per heavy atom. The van der Waals surface area contributed by atoms with Gasteiger partial charge in [0.1, 0.15) is 11.3 Å². The number of esters is 1. The summed E-state index contributed by atoms with van der Waals surface area (Å²) in [6, 6.07) is 0. The predicted molar refractivity (Wildman–Crippen MR) is 89.7 cm³/mol. The second kappa shape index (κ2) is 8.22. The Balaban J connectivity index is 3.07. The monoisotopic (exact) mass is 324 g/mol. The van der Waals surface area contributed by atoms with Crippen LogP contribution in [0.4, 0.5) is 0 Å². The summed E-state index contributed by atoms with van der Waals surface area (Å²) in [6.07, 6.45) is 10.7. The number of carbonyl (C=O) groups excluding carboxylic acids is 2. The molecule has 0 fully saturated rings. The molecule has 22 heavy (non-hydrogen) atoms. The Morgan fingerprint density at radius 1 is 1.45 bits per heavy atom. The lowest BCUT2D eigenvalue weighted by molar-refractivity contribution is -0.138. The van der Waals surface area contributed by atoms with Gasteiger partial charge in [0.05, 0.1) is 7.11 Å². The zero-order chi connectivity index (χ0) is 16.8. The maximum Gasteiger partial charge on any atom is 0.345 e. The zero-order valence-corrected chi connectivity index (χ0v) is 14.7. The summed E-state index contributed by atoms with van der Waals surface area (Å²) in [7, 11) is 1.27. The second-order valence-corrected chi connectivity index (χ2v) is 6.55. The lowest BCUT2D eigenvalue weighted by atomic mass is 9.96. The van der Waals surface area contributed by atoms with Gasteiger partial charge in [0.15, 0.2) is 5.60 Å². The molecular weight excluding hydrogens is 300 g/mol. The Hall–Kier alpha value is -1.49. The molecule has 122 valence electrons. The molecule has 0 saturated heterocycles. The molecule has 0 aromatic carbocycles. The van der Waals surface area contributed by atoms with E-state index in [9.17, 15) is 9.59 Å². The lowest BCUT2D eigenvalue weighted by Crippen LogP contribution is -2.33. The van der Waals surface area contributed by atoms with Crippen LogP contribution in [0.25, 0.3) is 0 Å². The van der Waals surface area contributed by atoms with Gasteiger partial charge in [-0.2, -0.15) is 11.8 Å². The van der Waals surface area contributed by atoms with Gasteiger partial charge in [-0.25, -0.2) is 4.79 Å². The third-order valence-electron chi connectivity index (χ3n) is 3.45. The largest absolute Gasteiger partial charge is 0.479 e. The molecule has 0 amide bonds. The number of carbonyl (C=O) groups is 2. The lowest BCUT2D eigenvalue weighted by Gasteiger charge is -2.20. The summed E-state index contributed by atoms with van der Waals surface area (Å²) in [5.74, 6) is -0.552. The van der Waals surface area contributed by atoms with Crippen molar-refractivity contribution in [3.05, 3.63) is 35.6 Å². The summed E-state index contributed by atoms with van der Waals surface area (Å²) in [5, 5.41) is 0.244. The van der Waals surface area contributed by atoms with E-state index in [0.717, 1.165) is 6.42 Å². The molecule has 0 aromatic rings. The summed E-state index contributed by atoms with van der Waals surface area (Å²) >= 11 is 1.65. The molecule has 0 N–H and O–H groups in total. The molecule has 0 radical (unpaired) electrons. The Kier molecular flexibility index (Phi) is 6.94. The highest BCUT2D eigenvalue weighted by Gasteiger charge is 2.47. The molecule has 0 saturated carbocycles. The van der Waals surface area contributed by atoms with E-state index in [1.54, 1.807) is 30.8 Å². The summed E-state index contributed by atoms with van der Waals surface area (Å²) in [6.45, 7) is 5.73. The van der Waals surface area contributed by atoms with Crippen molar-refractivity contribution < 1.29 is 19.1 Å². The number of methoxy groups -OCH3 is 1. The summed E-state index contributed by atoms with van der Waals surface area (Å²) in [5.41, 5.74) is -1.11. The first kappa shape index (κ1) is 18.6. The van der Waals surface area contributed by atoms with Crippen molar-refractivity contribution in [2.45, 2.75) is 44.5 Å². The van der Waals surface area contributed by atoms with Crippen LogP contribution in [-0.2, 0) is 19.1 Å². The number of ketones is 1. The number of hydrogen-bond acceptors (Lipinski definition) is 5. The van der Waals surface area contributed by atoms with Crippen LogP contribution < -0.4 is 0 Å². The molecular formula is C17H24O4S. The van der Waals surface area contributed by atoms with Crippen molar-refractivity contribution >= 4 is 23.5 Å². The second-order valence-electron chi connectivity index (χ2n) is 5.27. The first-order valence-electron chi connectivity index (χ1n) is 7.32. The van der Waals surface area contributed by atoms with E-state index in [-0.39, 0.29) is 16.6 Å². The highest BCUT2D eigenvalue weighted by Crippen LogP contribution is 2.36. The Bertz CT molecular complexity index is 519. The van der Waals surface area contributed by atoms with Gasteiger partial charge in [0, 0.05) is 11.7 Å². The molecule has 4 nitrogen and oxygen atoms in total. The smallest absolute Gasteiger partial charge is 0.345 e. The molecule has 1 heterocycles. The standard InChI is InChI=1S/C17H24O4S/c1-6-7-8-9-10-17(3)15(18)14(16(19)20-4)13(21-17)11-12(2)22-5/h7-10,12H,6,11H2,1-5H3/b8-7+,10-9+. The first-order valence-corrected chi connectivity index (χ1v) is 8.60. The van der Waals surface area contributed by atoms with E-state index in [0.29, 0.717) is 12.2 Å². The van der Waals surface area contributed by atoms with Crippen LogP contribution in [0.1, 0.15) is 33.6 Å². The Labute approximate surface area is 136 Å². The molecule has 0 aromatic heterocycles. The quantitative estimate of drug-likeness (QED) is 0.408. The predicted octanol–water partition coefficient (Wildman–Crippen LogP) is 3.44. The minimum atomic E-state index is -1.14. The fourth-order valence-corrected chi connectivity index (χ4v) is 2.41. The van der Waals surface area contributed by atoms with E-state index in [1.807, 2.05) is 32.3 Å². The third-order valence-corrected chi connectivity index (χ3v) is 4.43. The van der Waals surface area contributed by atoms with Crippen molar-refractivity contribution in [2.75, 3.05) is 13.4 Å². The van der Waals surface area contributed by atoms with E-state index < -0.39 is 11.6 Å². The van der Waals surface area contributed by atoms with Crippen molar-refractivity contribution in [1.29, 1.82) is 0 Å². The topological polar surface area (TPSA) is 52.6 Å². The summed E-state index contributed by atoms with van der Waals surface area (Å²) < 4.78 is 10.6. The maximum absolute atomic E-state index is 12.6. The van der Waals surface area contributed by atoms with Gasteiger partial charge < -0.3 is 9.47 Å². The van der Waals surface area contributed by atoms with E-state index in [2.05, 4.69) is 0 Å². The number of rotatable bonds is 7. The maximum atomic E-state index is 12.6. The van der Waals surface area contributed by atoms with Crippen LogP contribution in [0.2, 0.25) is 0 Å². The number of ether oxygens (including phenoxy) is 2. The van der Waals surface area contributed by atoms with Gasteiger partial charge in [-0.1, -0.05) is 32.1 Å². The van der Waals surface area contributed by atoms with E-state index in [4.69, 9.17) is 9.47 Å². The number of thioether (sulfide) groups is 1. The highest BCUT2D eigenvalue weighted by molar-refractivity contribution is 7.99. The molecule has 0 aliphatic carbocycles. The minimum Gasteiger partial charge on any atom is -0.479 e. The van der Waals surface area contributed by atoms with Gasteiger partial charge in [-0.15, -0.1) is 0 Å². The molecule has 5 heteroatoms. The van der Waals surface area contributed by atoms with Gasteiger partial charge in [-0.05, 0) is 25.7 Å². The molecule has 0 bridgehead atoms. The van der Waals surface area contributed by atoms with Gasteiger partial charge >= 0.3 is 5.97 Å². The van der Waals surface area contributed by atoms with Crippen LogP contribution in [-0.4, -0.2) is 36.0 Å². The number of allylic oxidation sites excluding steroid dienone is 4. The molecule has 2 atom stereocenters. The summed E-state index contributed by atoms with van der Waals surface area (Å²) in [4.78, 5) is 24.5. The average Bonchev–Trinajstić information content (AvgIpc) is 2.74. The van der Waals surface area contributed by atoms with Gasteiger partial charge in [0.2, 0.25) is 5.78 Å².